The van der Waals surface area contributed by atoms with Crippen LogP contribution in [0, 0.1) is 19.7 Å². The molecule has 0 unspecified atom stereocenters. The van der Waals surface area contributed by atoms with Crippen LogP contribution in [0.5, 0.6) is 0 Å². The van der Waals surface area contributed by atoms with Crippen molar-refractivity contribution in [3.05, 3.63) is 46.3 Å². The molecule has 0 aliphatic rings. The Labute approximate surface area is 155 Å². The van der Waals surface area contributed by atoms with Crippen molar-refractivity contribution in [2.24, 2.45) is 0 Å². The Balaban J connectivity index is 1.87. The summed E-state index contributed by atoms with van der Waals surface area (Å²) in [6, 6.07) is 6.03. The van der Waals surface area contributed by atoms with Gasteiger partial charge >= 0.3 is 0 Å². The number of benzene rings is 1. The van der Waals surface area contributed by atoms with E-state index in [9.17, 15) is 9.18 Å². The van der Waals surface area contributed by atoms with E-state index in [1.54, 1.807) is 16.8 Å². The number of hydrogen-bond donors (Lipinski definition) is 1. The smallest absolute Gasteiger partial charge is 0.263 e. The van der Waals surface area contributed by atoms with E-state index in [-0.39, 0.29) is 11.7 Å². The van der Waals surface area contributed by atoms with Crippen LogP contribution in [0.3, 0.4) is 0 Å². The number of carbonyl (C=O) groups is 1. The van der Waals surface area contributed by atoms with Crippen LogP contribution in [0.2, 0.25) is 0 Å². The second kappa shape index (κ2) is 7.74. The number of halogens is 1. The minimum atomic E-state index is -0.305. The largest absolute Gasteiger partial charge is 0.351 e. The molecule has 0 aliphatic carbocycles. The normalized spacial score (nSPS) is 10.9. The summed E-state index contributed by atoms with van der Waals surface area (Å²) in [5.74, 6) is -0.413. The third kappa shape index (κ3) is 3.65. The fourth-order valence-electron chi connectivity index (χ4n) is 2.52. The fraction of sp³-hybridized carbons (Fsp3) is 0.333. The minimum absolute atomic E-state index is 0.108. The topological polar surface area (TPSA) is 72.7 Å². The number of nitrogens with zero attached hydrogens (tertiary/aromatic N) is 4. The Morgan fingerprint density at radius 1 is 1.27 bits per heavy atom. The van der Waals surface area contributed by atoms with E-state index in [1.165, 1.54) is 23.5 Å². The van der Waals surface area contributed by atoms with Gasteiger partial charge in [-0.1, -0.05) is 18.6 Å². The predicted molar refractivity (Wildman–Crippen MR) is 99.1 cm³/mol. The van der Waals surface area contributed by atoms with E-state index in [2.05, 4.69) is 27.5 Å². The molecule has 2 heterocycles. The van der Waals surface area contributed by atoms with Crippen LogP contribution in [0.25, 0.3) is 16.4 Å². The van der Waals surface area contributed by atoms with Gasteiger partial charge in [-0.3, -0.25) is 4.79 Å². The molecule has 26 heavy (non-hydrogen) atoms. The first-order chi connectivity index (χ1) is 12.5. The van der Waals surface area contributed by atoms with Gasteiger partial charge in [0.1, 0.15) is 21.4 Å². The molecule has 8 heteroatoms. The van der Waals surface area contributed by atoms with Crippen LogP contribution in [0.1, 0.15) is 40.8 Å². The number of aromatic nitrogens is 4. The zero-order valence-corrected chi connectivity index (χ0v) is 15.7. The van der Waals surface area contributed by atoms with E-state index in [0.717, 1.165) is 18.5 Å². The van der Waals surface area contributed by atoms with Crippen LogP contribution >= 0.6 is 11.3 Å². The number of carbonyl (C=O) groups excluding carboxylic acids is 1. The van der Waals surface area contributed by atoms with E-state index >= 15 is 0 Å². The van der Waals surface area contributed by atoms with Crippen molar-refractivity contribution >= 4 is 17.2 Å². The number of amides is 1. The average Bonchev–Trinajstić information content (AvgIpc) is 3.19. The first-order valence-corrected chi connectivity index (χ1v) is 9.27. The average molecular weight is 373 g/mol. The maximum Gasteiger partial charge on any atom is 0.263 e. The van der Waals surface area contributed by atoms with Gasteiger partial charge in [-0.2, -0.15) is 0 Å². The molecule has 0 aliphatic heterocycles. The highest BCUT2D eigenvalue weighted by Gasteiger charge is 2.20. The molecule has 0 saturated carbocycles. The Kier molecular flexibility index (Phi) is 5.41. The van der Waals surface area contributed by atoms with E-state index in [4.69, 9.17) is 0 Å². The number of thiazole rings is 1. The Morgan fingerprint density at radius 2 is 2.00 bits per heavy atom. The zero-order valence-electron chi connectivity index (χ0n) is 14.9. The minimum Gasteiger partial charge on any atom is -0.351 e. The molecular weight excluding hydrogens is 353 g/mol. The van der Waals surface area contributed by atoms with E-state index in [1.807, 2.05) is 13.8 Å². The van der Waals surface area contributed by atoms with Gasteiger partial charge in [0.15, 0.2) is 0 Å². The maximum absolute atomic E-state index is 13.1. The number of rotatable bonds is 6. The highest BCUT2D eigenvalue weighted by molar-refractivity contribution is 7.17. The lowest BCUT2D eigenvalue weighted by Gasteiger charge is -2.02. The second-order valence-electron chi connectivity index (χ2n) is 5.95. The van der Waals surface area contributed by atoms with Crippen molar-refractivity contribution in [2.45, 2.75) is 33.6 Å². The molecule has 0 atom stereocenters. The van der Waals surface area contributed by atoms with Gasteiger partial charge in [0.2, 0.25) is 0 Å². The fourth-order valence-corrected chi connectivity index (χ4v) is 3.54. The van der Waals surface area contributed by atoms with E-state index in [0.29, 0.717) is 33.5 Å². The summed E-state index contributed by atoms with van der Waals surface area (Å²) in [6.45, 7) is 6.42. The van der Waals surface area contributed by atoms with Crippen molar-refractivity contribution in [1.29, 1.82) is 0 Å². The van der Waals surface area contributed by atoms with Crippen molar-refractivity contribution in [2.75, 3.05) is 6.54 Å². The summed E-state index contributed by atoms with van der Waals surface area (Å²) < 4.78 is 14.7. The quantitative estimate of drug-likeness (QED) is 0.669. The third-order valence-electron chi connectivity index (χ3n) is 3.99. The Bertz CT molecular complexity index is 916. The van der Waals surface area contributed by atoms with Gasteiger partial charge in [-0.05, 0) is 44.5 Å². The molecule has 0 radical (unpaired) electrons. The first kappa shape index (κ1) is 18.2. The summed E-state index contributed by atoms with van der Waals surface area (Å²) in [6.07, 6.45) is 1.97. The molecule has 6 nitrogen and oxygen atoms in total. The van der Waals surface area contributed by atoms with Gasteiger partial charge in [-0.15, -0.1) is 16.4 Å². The molecule has 2 aromatic heterocycles. The molecule has 0 spiro atoms. The van der Waals surface area contributed by atoms with Gasteiger partial charge in [0, 0.05) is 6.54 Å². The van der Waals surface area contributed by atoms with Crippen LogP contribution in [0.4, 0.5) is 4.39 Å². The second-order valence-corrected chi connectivity index (χ2v) is 6.95. The predicted octanol–water partition coefficient (Wildman–Crippen LogP) is 3.68. The SMILES string of the molecule is CCCCNC(=O)c1sc(-c2nnn(-c3ccc(F)cc3)c2C)nc1C. The van der Waals surface area contributed by atoms with Crippen LogP contribution in [-0.2, 0) is 0 Å². The molecule has 1 amide bonds. The lowest BCUT2D eigenvalue weighted by atomic mass is 10.3. The number of nitrogens with one attached hydrogen (secondary N) is 1. The molecule has 0 fully saturated rings. The van der Waals surface area contributed by atoms with Crippen molar-refractivity contribution < 1.29 is 9.18 Å². The Morgan fingerprint density at radius 3 is 2.69 bits per heavy atom. The standard InChI is InChI=1S/C18H20FN5OS/c1-4-5-10-20-17(25)16-11(2)21-18(26-16)15-12(3)24(23-22-15)14-8-6-13(19)7-9-14/h6-9H,4-5,10H2,1-3H3,(H,20,25). The zero-order chi connectivity index (χ0) is 18.7. The van der Waals surface area contributed by atoms with Gasteiger partial charge < -0.3 is 5.32 Å². The van der Waals surface area contributed by atoms with Crippen LogP contribution in [-0.4, -0.2) is 32.4 Å². The maximum atomic E-state index is 13.1. The number of hydrogen-bond acceptors (Lipinski definition) is 5. The number of unbranched alkanes of at least 4 members (excludes halogenated alkanes) is 1. The van der Waals surface area contributed by atoms with Gasteiger partial charge in [0.25, 0.3) is 5.91 Å². The highest BCUT2D eigenvalue weighted by Crippen LogP contribution is 2.29. The molecule has 136 valence electrons. The molecular formula is C18H20FN5OS. The lowest BCUT2D eigenvalue weighted by Crippen LogP contribution is -2.24. The summed E-state index contributed by atoms with van der Waals surface area (Å²) >= 11 is 1.30. The first-order valence-electron chi connectivity index (χ1n) is 8.45. The molecule has 0 saturated heterocycles. The molecule has 3 aromatic rings. The monoisotopic (exact) mass is 373 g/mol. The summed E-state index contributed by atoms with van der Waals surface area (Å²) in [5.41, 5.74) is 2.79. The van der Waals surface area contributed by atoms with Gasteiger partial charge in [-0.25, -0.2) is 14.1 Å². The van der Waals surface area contributed by atoms with Crippen molar-refractivity contribution in [3.8, 4) is 16.4 Å². The van der Waals surface area contributed by atoms with E-state index < -0.39 is 0 Å². The molecule has 1 N–H and O–H groups in total. The highest BCUT2D eigenvalue weighted by atomic mass is 32.1. The molecule has 1 aromatic carbocycles. The Hall–Kier alpha value is -2.61. The van der Waals surface area contributed by atoms with Gasteiger partial charge in [0.05, 0.1) is 17.1 Å². The molecule has 0 bridgehead atoms. The summed E-state index contributed by atoms with van der Waals surface area (Å²) in [4.78, 5) is 17.4. The summed E-state index contributed by atoms with van der Waals surface area (Å²) in [7, 11) is 0. The molecule has 3 rings (SSSR count). The summed E-state index contributed by atoms with van der Waals surface area (Å²) in [5, 5.41) is 11.9. The van der Waals surface area contributed by atoms with Crippen molar-refractivity contribution in [3.63, 3.8) is 0 Å². The van der Waals surface area contributed by atoms with Crippen molar-refractivity contribution in [1.82, 2.24) is 25.3 Å². The number of aryl methyl sites for hydroxylation is 1. The lowest BCUT2D eigenvalue weighted by molar-refractivity contribution is 0.0956. The van der Waals surface area contributed by atoms with Crippen LogP contribution < -0.4 is 5.32 Å². The van der Waals surface area contributed by atoms with Crippen LogP contribution in [0.15, 0.2) is 24.3 Å². The third-order valence-corrected chi connectivity index (χ3v) is 5.15.